The predicted octanol–water partition coefficient (Wildman–Crippen LogP) is 5.48. The summed E-state index contributed by atoms with van der Waals surface area (Å²) in [5, 5.41) is 3.72. The fraction of sp³-hybridized carbons (Fsp3) is 0.344. The minimum Gasteiger partial charge on any atom is -0.339 e. The zero-order valence-corrected chi connectivity index (χ0v) is 22.7. The first-order valence-electron chi connectivity index (χ1n) is 13.8. The van der Waals surface area contributed by atoms with E-state index in [9.17, 15) is 14.4 Å². The summed E-state index contributed by atoms with van der Waals surface area (Å²) >= 11 is 6.25. The van der Waals surface area contributed by atoms with E-state index in [2.05, 4.69) is 5.32 Å². The fourth-order valence-electron chi connectivity index (χ4n) is 5.76. The molecule has 1 atom stereocenters. The summed E-state index contributed by atoms with van der Waals surface area (Å²) in [6, 6.07) is 24.5. The van der Waals surface area contributed by atoms with Gasteiger partial charge in [0.2, 0.25) is 11.8 Å². The van der Waals surface area contributed by atoms with Gasteiger partial charge in [-0.25, -0.2) is 0 Å². The Kier molecular flexibility index (Phi) is 8.74. The first kappa shape index (κ1) is 27.1. The van der Waals surface area contributed by atoms with Crippen molar-refractivity contribution >= 4 is 29.3 Å². The minimum absolute atomic E-state index is 0.0261. The van der Waals surface area contributed by atoms with Crippen LogP contribution in [0.15, 0.2) is 84.9 Å². The van der Waals surface area contributed by atoms with Crippen LogP contribution in [0, 0.1) is 5.92 Å². The molecule has 5 rings (SSSR count). The van der Waals surface area contributed by atoms with Crippen LogP contribution in [0.25, 0.3) is 0 Å². The van der Waals surface area contributed by atoms with Crippen molar-refractivity contribution in [3.05, 3.63) is 107 Å². The third kappa shape index (κ3) is 6.23. The third-order valence-electron chi connectivity index (χ3n) is 7.76. The molecular weight excluding hydrogens is 510 g/mol. The van der Waals surface area contributed by atoms with Crippen LogP contribution in [0.5, 0.6) is 0 Å². The number of nitrogens with zero attached hydrogens (tertiary/aromatic N) is 2. The van der Waals surface area contributed by atoms with Gasteiger partial charge in [-0.15, -0.1) is 0 Å². The molecule has 1 N–H and O–H groups in total. The number of amides is 3. The van der Waals surface area contributed by atoms with Crippen LogP contribution in [-0.4, -0.2) is 53.2 Å². The van der Waals surface area contributed by atoms with Gasteiger partial charge in [0, 0.05) is 36.1 Å². The van der Waals surface area contributed by atoms with Gasteiger partial charge in [-0.1, -0.05) is 97.6 Å². The predicted molar refractivity (Wildman–Crippen MR) is 152 cm³/mol. The Morgan fingerprint density at radius 3 is 2.10 bits per heavy atom. The van der Waals surface area contributed by atoms with E-state index < -0.39 is 18.0 Å². The van der Waals surface area contributed by atoms with Gasteiger partial charge in [0.25, 0.3) is 5.91 Å². The molecule has 2 aliphatic rings. The number of hydrogen-bond donors (Lipinski definition) is 1. The lowest BCUT2D eigenvalue weighted by molar-refractivity contribution is -0.140. The van der Waals surface area contributed by atoms with Gasteiger partial charge >= 0.3 is 0 Å². The molecule has 3 amide bonds. The van der Waals surface area contributed by atoms with Crippen molar-refractivity contribution < 1.29 is 14.4 Å². The molecule has 3 aromatic rings. The van der Waals surface area contributed by atoms with Crippen LogP contribution in [0.3, 0.4) is 0 Å². The topological polar surface area (TPSA) is 69.7 Å². The summed E-state index contributed by atoms with van der Waals surface area (Å²) in [5.74, 6) is -0.640. The Labute approximate surface area is 235 Å². The minimum atomic E-state index is -0.704. The van der Waals surface area contributed by atoms with Crippen LogP contribution in [0.1, 0.15) is 59.6 Å². The second kappa shape index (κ2) is 12.6. The lowest BCUT2D eigenvalue weighted by Crippen LogP contribution is -2.60. The number of nitrogens with one attached hydrogen (secondary N) is 1. The van der Waals surface area contributed by atoms with E-state index in [1.54, 1.807) is 24.3 Å². The second-order valence-corrected chi connectivity index (χ2v) is 10.8. The molecule has 202 valence electrons. The average molecular weight is 544 g/mol. The summed E-state index contributed by atoms with van der Waals surface area (Å²) in [6.45, 7) is 1.29. The van der Waals surface area contributed by atoms with E-state index in [-0.39, 0.29) is 24.3 Å². The third-order valence-corrected chi connectivity index (χ3v) is 7.99. The highest BCUT2D eigenvalue weighted by atomic mass is 35.5. The monoisotopic (exact) mass is 543 g/mol. The van der Waals surface area contributed by atoms with Crippen LogP contribution in [0.4, 0.5) is 0 Å². The van der Waals surface area contributed by atoms with Crippen molar-refractivity contribution in [1.29, 1.82) is 0 Å². The van der Waals surface area contributed by atoms with Crippen LogP contribution in [0.2, 0.25) is 5.02 Å². The SMILES string of the molecule is O=C(C1CCCCC1)N1CCNC(C(=O)N(C(=O)c2cccc(Cl)c2)C(c2ccccc2)c2ccccc2)C1. The number of carbonyl (C=O) groups excluding carboxylic acids is 3. The molecule has 3 aromatic carbocycles. The van der Waals surface area contributed by atoms with E-state index in [1.165, 1.54) is 11.3 Å². The number of rotatable bonds is 6. The summed E-state index contributed by atoms with van der Waals surface area (Å²) in [4.78, 5) is 45.1. The van der Waals surface area contributed by atoms with E-state index >= 15 is 0 Å². The van der Waals surface area contributed by atoms with E-state index in [4.69, 9.17) is 11.6 Å². The smallest absolute Gasteiger partial charge is 0.261 e. The normalized spacial score (nSPS) is 18.1. The summed E-state index contributed by atoms with van der Waals surface area (Å²) < 4.78 is 0. The van der Waals surface area contributed by atoms with Gasteiger partial charge in [0.1, 0.15) is 6.04 Å². The maximum atomic E-state index is 14.4. The summed E-state index contributed by atoms with van der Waals surface area (Å²) in [6.07, 6.45) is 5.13. The van der Waals surface area contributed by atoms with Gasteiger partial charge in [-0.2, -0.15) is 0 Å². The molecule has 39 heavy (non-hydrogen) atoms. The Morgan fingerprint density at radius 1 is 0.846 bits per heavy atom. The largest absolute Gasteiger partial charge is 0.339 e. The van der Waals surface area contributed by atoms with Crippen molar-refractivity contribution in [2.75, 3.05) is 19.6 Å². The molecule has 1 heterocycles. The molecule has 1 saturated carbocycles. The second-order valence-electron chi connectivity index (χ2n) is 10.4. The van der Waals surface area contributed by atoms with Crippen molar-refractivity contribution in [2.24, 2.45) is 5.92 Å². The molecule has 2 fully saturated rings. The first-order valence-corrected chi connectivity index (χ1v) is 14.2. The quantitative estimate of drug-likeness (QED) is 0.418. The Bertz CT molecular complexity index is 1250. The maximum absolute atomic E-state index is 14.4. The number of hydrogen-bond acceptors (Lipinski definition) is 4. The number of halogens is 1. The number of imide groups is 1. The lowest BCUT2D eigenvalue weighted by Gasteiger charge is -2.39. The van der Waals surface area contributed by atoms with Gasteiger partial charge in [-0.05, 0) is 42.2 Å². The average Bonchev–Trinajstić information content (AvgIpc) is 3.00. The van der Waals surface area contributed by atoms with Crippen molar-refractivity contribution in [3.8, 4) is 0 Å². The molecule has 0 radical (unpaired) electrons. The first-order chi connectivity index (χ1) is 19.0. The molecule has 0 bridgehead atoms. The lowest BCUT2D eigenvalue weighted by atomic mass is 9.88. The Morgan fingerprint density at radius 2 is 1.49 bits per heavy atom. The number of carbonyl (C=O) groups is 3. The molecule has 6 nitrogen and oxygen atoms in total. The van der Waals surface area contributed by atoms with Gasteiger partial charge in [0.15, 0.2) is 0 Å². The summed E-state index contributed by atoms with van der Waals surface area (Å²) in [5.41, 5.74) is 1.97. The van der Waals surface area contributed by atoms with E-state index in [0.29, 0.717) is 23.7 Å². The molecule has 7 heteroatoms. The molecule has 1 aliphatic heterocycles. The Hall–Kier alpha value is -3.48. The van der Waals surface area contributed by atoms with Crippen LogP contribution < -0.4 is 5.32 Å². The molecule has 0 spiro atoms. The maximum Gasteiger partial charge on any atom is 0.261 e. The van der Waals surface area contributed by atoms with Gasteiger partial charge in [0.05, 0.1) is 6.04 Å². The number of benzene rings is 3. The van der Waals surface area contributed by atoms with Crippen LogP contribution >= 0.6 is 11.6 Å². The number of piperazine rings is 1. The standard InChI is InChI=1S/C32H34ClN3O3/c33-27-18-10-17-26(21-27)31(38)36(29(23-11-4-1-5-12-23)24-13-6-2-7-14-24)32(39)28-22-35(20-19-34-28)30(37)25-15-8-3-9-16-25/h1-2,4-7,10-14,17-18,21,25,28-29,34H,3,8-9,15-16,19-20,22H2. The Balaban J connectivity index is 1.51. The van der Waals surface area contributed by atoms with Crippen LogP contribution in [-0.2, 0) is 9.59 Å². The molecular formula is C32H34ClN3O3. The highest BCUT2D eigenvalue weighted by Gasteiger charge is 2.40. The summed E-state index contributed by atoms with van der Waals surface area (Å²) in [7, 11) is 0. The highest BCUT2D eigenvalue weighted by molar-refractivity contribution is 6.31. The zero-order valence-electron chi connectivity index (χ0n) is 22.0. The van der Waals surface area contributed by atoms with Gasteiger partial charge in [-0.3, -0.25) is 19.3 Å². The van der Waals surface area contributed by atoms with Crippen molar-refractivity contribution in [1.82, 2.24) is 15.1 Å². The zero-order chi connectivity index (χ0) is 27.2. The molecule has 0 aromatic heterocycles. The van der Waals surface area contributed by atoms with Gasteiger partial charge < -0.3 is 10.2 Å². The fourth-order valence-corrected chi connectivity index (χ4v) is 5.95. The molecule has 1 saturated heterocycles. The van der Waals surface area contributed by atoms with Crippen molar-refractivity contribution in [3.63, 3.8) is 0 Å². The van der Waals surface area contributed by atoms with E-state index in [1.807, 2.05) is 65.6 Å². The molecule has 1 unspecified atom stereocenters. The molecule has 1 aliphatic carbocycles. The van der Waals surface area contributed by atoms with E-state index in [0.717, 1.165) is 36.8 Å². The highest BCUT2D eigenvalue weighted by Crippen LogP contribution is 2.32. The van der Waals surface area contributed by atoms with Crippen molar-refractivity contribution in [2.45, 2.75) is 44.2 Å².